The van der Waals surface area contributed by atoms with Crippen LogP contribution < -0.4 is 5.73 Å². The SMILES string of the molecule is Cc1cnccc1-c1c(-c2ccccc2C#N)nc(N)n2nc(Cc3ccccn3)nc12. The van der Waals surface area contributed by atoms with Crippen LogP contribution in [0.5, 0.6) is 0 Å². The molecule has 32 heavy (non-hydrogen) atoms. The standard InChI is InChI=1S/C24H18N8/c1-15-14-27-11-9-18(15)21-22(19-8-3-2-6-16(19)13-25)30-24(26)32-23(21)29-20(31-32)12-17-7-4-5-10-28-17/h2-11,14H,12H2,1H3,(H2,26,30). The highest BCUT2D eigenvalue weighted by Gasteiger charge is 2.22. The number of hydrogen-bond acceptors (Lipinski definition) is 7. The van der Waals surface area contributed by atoms with Crippen LogP contribution in [0.4, 0.5) is 5.95 Å². The molecule has 0 aliphatic heterocycles. The van der Waals surface area contributed by atoms with Gasteiger partial charge in [-0.25, -0.2) is 9.97 Å². The number of pyridine rings is 2. The molecule has 5 aromatic rings. The molecule has 0 amide bonds. The highest BCUT2D eigenvalue weighted by Crippen LogP contribution is 2.37. The fourth-order valence-electron chi connectivity index (χ4n) is 3.72. The maximum absolute atomic E-state index is 9.69. The summed E-state index contributed by atoms with van der Waals surface area (Å²) in [4.78, 5) is 18.1. The molecule has 8 heteroatoms. The van der Waals surface area contributed by atoms with Gasteiger partial charge in [0.15, 0.2) is 11.5 Å². The van der Waals surface area contributed by atoms with E-state index in [1.165, 1.54) is 0 Å². The Labute approximate surface area is 184 Å². The zero-order chi connectivity index (χ0) is 22.1. The van der Waals surface area contributed by atoms with E-state index in [1.807, 2.05) is 49.4 Å². The minimum Gasteiger partial charge on any atom is -0.368 e. The van der Waals surface area contributed by atoms with Gasteiger partial charge >= 0.3 is 0 Å². The van der Waals surface area contributed by atoms with E-state index >= 15 is 0 Å². The number of aromatic nitrogens is 6. The number of nitrogen functional groups attached to an aromatic ring is 1. The predicted octanol–water partition coefficient (Wildman–Crippen LogP) is 3.60. The van der Waals surface area contributed by atoms with Gasteiger partial charge in [0.25, 0.3) is 0 Å². The normalized spacial score (nSPS) is 10.9. The highest BCUT2D eigenvalue weighted by atomic mass is 15.3. The second kappa shape index (κ2) is 7.89. The maximum Gasteiger partial charge on any atom is 0.223 e. The van der Waals surface area contributed by atoms with Crippen molar-refractivity contribution in [1.29, 1.82) is 5.26 Å². The second-order valence-corrected chi connectivity index (χ2v) is 7.30. The van der Waals surface area contributed by atoms with E-state index < -0.39 is 0 Å². The van der Waals surface area contributed by atoms with Crippen LogP contribution >= 0.6 is 0 Å². The third kappa shape index (κ3) is 3.32. The van der Waals surface area contributed by atoms with Crippen LogP contribution in [0.3, 0.4) is 0 Å². The van der Waals surface area contributed by atoms with Crippen LogP contribution in [0.25, 0.3) is 28.0 Å². The van der Waals surface area contributed by atoms with Gasteiger partial charge in [0.2, 0.25) is 5.95 Å². The molecule has 0 radical (unpaired) electrons. The molecule has 0 saturated carbocycles. The highest BCUT2D eigenvalue weighted by molar-refractivity contribution is 5.93. The molecule has 8 nitrogen and oxygen atoms in total. The van der Waals surface area contributed by atoms with Crippen molar-refractivity contribution in [2.75, 3.05) is 5.73 Å². The number of nitrogens with two attached hydrogens (primary N) is 1. The fraction of sp³-hybridized carbons (Fsp3) is 0.0833. The summed E-state index contributed by atoms with van der Waals surface area (Å²) in [6.45, 7) is 1.97. The zero-order valence-electron chi connectivity index (χ0n) is 17.3. The van der Waals surface area contributed by atoms with Gasteiger partial charge in [-0.05, 0) is 42.3 Å². The third-order valence-corrected chi connectivity index (χ3v) is 5.21. The Bertz CT molecular complexity index is 1480. The van der Waals surface area contributed by atoms with Crippen molar-refractivity contribution < 1.29 is 0 Å². The number of nitriles is 1. The molecule has 0 aliphatic carbocycles. The Balaban J connectivity index is 1.81. The first-order valence-electron chi connectivity index (χ1n) is 10.0. The average Bonchev–Trinajstić information content (AvgIpc) is 3.24. The van der Waals surface area contributed by atoms with Crippen molar-refractivity contribution in [3.8, 4) is 28.5 Å². The van der Waals surface area contributed by atoms with Gasteiger partial charge in [0.05, 0.1) is 29.3 Å². The lowest BCUT2D eigenvalue weighted by molar-refractivity contribution is 0.880. The molecule has 1 aromatic carbocycles. The zero-order valence-corrected chi connectivity index (χ0v) is 17.3. The van der Waals surface area contributed by atoms with Crippen LogP contribution in [0.1, 0.15) is 22.6 Å². The van der Waals surface area contributed by atoms with Gasteiger partial charge in [0.1, 0.15) is 0 Å². The Morgan fingerprint density at radius 2 is 1.84 bits per heavy atom. The molecule has 5 rings (SSSR count). The lowest BCUT2D eigenvalue weighted by atomic mass is 9.95. The van der Waals surface area contributed by atoms with Crippen LogP contribution in [0.2, 0.25) is 0 Å². The molecule has 0 saturated heterocycles. The molecular formula is C24H18N8. The van der Waals surface area contributed by atoms with Gasteiger partial charge in [-0.1, -0.05) is 24.3 Å². The molecule has 4 heterocycles. The quantitative estimate of drug-likeness (QED) is 0.473. The first kappa shape index (κ1) is 19.3. The fourth-order valence-corrected chi connectivity index (χ4v) is 3.72. The maximum atomic E-state index is 9.69. The molecule has 0 fully saturated rings. The first-order valence-corrected chi connectivity index (χ1v) is 10.0. The molecule has 0 bridgehead atoms. The molecule has 0 spiro atoms. The van der Waals surface area contributed by atoms with Crippen molar-refractivity contribution in [2.45, 2.75) is 13.3 Å². The number of rotatable bonds is 4. The monoisotopic (exact) mass is 418 g/mol. The van der Waals surface area contributed by atoms with Crippen LogP contribution in [0, 0.1) is 18.3 Å². The van der Waals surface area contributed by atoms with Gasteiger partial charge in [-0.15, -0.1) is 5.10 Å². The van der Waals surface area contributed by atoms with Crippen LogP contribution in [-0.4, -0.2) is 29.5 Å². The number of benzene rings is 1. The lowest BCUT2D eigenvalue weighted by Gasteiger charge is -2.14. The van der Waals surface area contributed by atoms with Gasteiger partial charge in [-0.3, -0.25) is 9.97 Å². The third-order valence-electron chi connectivity index (χ3n) is 5.21. The molecule has 154 valence electrons. The summed E-state index contributed by atoms with van der Waals surface area (Å²) in [6.07, 6.45) is 5.71. The molecule has 4 aromatic heterocycles. The molecule has 0 unspecified atom stereocenters. The number of hydrogen-bond donors (Lipinski definition) is 1. The first-order chi connectivity index (χ1) is 15.7. The summed E-state index contributed by atoms with van der Waals surface area (Å²) in [5, 5.41) is 14.3. The minimum atomic E-state index is 0.193. The Hall–Kier alpha value is -4.64. The number of anilines is 1. The van der Waals surface area contributed by atoms with E-state index in [0.717, 1.165) is 22.4 Å². The average molecular weight is 418 g/mol. The van der Waals surface area contributed by atoms with Crippen molar-refractivity contribution in [3.05, 3.63) is 89.8 Å². The number of nitrogens with zero attached hydrogens (tertiary/aromatic N) is 7. The summed E-state index contributed by atoms with van der Waals surface area (Å²) in [5.74, 6) is 0.772. The molecule has 0 aliphatic rings. The summed E-state index contributed by atoms with van der Waals surface area (Å²) >= 11 is 0. The van der Waals surface area contributed by atoms with Crippen molar-refractivity contribution in [3.63, 3.8) is 0 Å². The topological polar surface area (TPSA) is 119 Å². The lowest BCUT2D eigenvalue weighted by Crippen LogP contribution is -2.07. The Morgan fingerprint density at radius 3 is 2.62 bits per heavy atom. The summed E-state index contributed by atoms with van der Waals surface area (Å²) in [6, 6.07) is 17.2. The molecule has 2 N–H and O–H groups in total. The Kier molecular flexibility index (Phi) is 4.76. The van der Waals surface area contributed by atoms with E-state index in [9.17, 15) is 5.26 Å². The van der Waals surface area contributed by atoms with Gasteiger partial charge in [-0.2, -0.15) is 9.78 Å². The van der Waals surface area contributed by atoms with Crippen LogP contribution in [-0.2, 0) is 6.42 Å². The van der Waals surface area contributed by atoms with Crippen molar-refractivity contribution in [2.24, 2.45) is 0 Å². The van der Waals surface area contributed by atoms with E-state index in [-0.39, 0.29) is 5.95 Å². The van der Waals surface area contributed by atoms with E-state index in [1.54, 1.807) is 29.2 Å². The summed E-state index contributed by atoms with van der Waals surface area (Å²) < 4.78 is 1.55. The minimum absolute atomic E-state index is 0.193. The van der Waals surface area contributed by atoms with E-state index in [4.69, 9.17) is 10.7 Å². The van der Waals surface area contributed by atoms with Crippen molar-refractivity contribution in [1.82, 2.24) is 29.5 Å². The van der Waals surface area contributed by atoms with Gasteiger partial charge in [0, 0.05) is 29.8 Å². The van der Waals surface area contributed by atoms with E-state index in [2.05, 4.69) is 26.1 Å². The van der Waals surface area contributed by atoms with Crippen molar-refractivity contribution >= 4 is 11.6 Å². The smallest absolute Gasteiger partial charge is 0.223 e. The summed E-state index contributed by atoms with van der Waals surface area (Å²) in [5.41, 5.74) is 12.1. The Morgan fingerprint density at radius 1 is 1.00 bits per heavy atom. The second-order valence-electron chi connectivity index (χ2n) is 7.30. The van der Waals surface area contributed by atoms with Gasteiger partial charge < -0.3 is 5.73 Å². The van der Waals surface area contributed by atoms with E-state index in [0.29, 0.717) is 34.7 Å². The number of aryl methyl sites for hydroxylation is 1. The summed E-state index contributed by atoms with van der Waals surface area (Å²) in [7, 11) is 0. The molecule has 0 atom stereocenters. The van der Waals surface area contributed by atoms with Crippen LogP contribution in [0.15, 0.2) is 67.1 Å². The number of fused-ring (bicyclic) bond motifs is 1. The largest absolute Gasteiger partial charge is 0.368 e. The predicted molar refractivity (Wildman–Crippen MR) is 120 cm³/mol. The molecular weight excluding hydrogens is 400 g/mol.